The van der Waals surface area contributed by atoms with Crippen molar-refractivity contribution in [3.05, 3.63) is 59.0 Å². The van der Waals surface area contributed by atoms with Gasteiger partial charge in [-0.2, -0.15) is 0 Å². The topological polar surface area (TPSA) is 41.9 Å². The molecule has 3 rings (SSSR count). The van der Waals surface area contributed by atoms with Crippen molar-refractivity contribution in [2.75, 3.05) is 19.9 Å². The second-order valence-corrected chi connectivity index (χ2v) is 8.53. The molecule has 0 radical (unpaired) electrons. The molecule has 1 fully saturated rings. The number of thioether (sulfide) groups is 2. The summed E-state index contributed by atoms with van der Waals surface area (Å²) in [5.41, 5.74) is 1.84. The number of benzene rings is 2. The SMILES string of the molecule is CCCCCN1C(=O)C(=Cc2ccc(SC)cc2)SC1=Nc1ccc(OC)cc1. The van der Waals surface area contributed by atoms with E-state index < -0.39 is 0 Å². The van der Waals surface area contributed by atoms with Crippen molar-refractivity contribution in [3.63, 3.8) is 0 Å². The summed E-state index contributed by atoms with van der Waals surface area (Å²) in [5.74, 6) is 0.825. The molecule has 0 spiro atoms. The summed E-state index contributed by atoms with van der Waals surface area (Å²) < 4.78 is 5.21. The van der Waals surface area contributed by atoms with Gasteiger partial charge in [-0.1, -0.05) is 31.9 Å². The maximum Gasteiger partial charge on any atom is 0.266 e. The number of amidine groups is 1. The monoisotopic (exact) mass is 426 g/mol. The Morgan fingerprint density at radius 1 is 1.10 bits per heavy atom. The van der Waals surface area contributed by atoms with Crippen LogP contribution in [0, 0.1) is 0 Å². The smallest absolute Gasteiger partial charge is 0.266 e. The number of hydrogen-bond acceptors (Lipinski definition) is 5. The molecule has 1 aliphatic rings. The van der Waals surface area contributed by atoms with Crippen molar-refractivity contribution in [3.8, 4) is 5.75 Å². The van der Waals surface area contributed by atoms with Gasteiger partial charge in [0.05, 0.1) is 17.7 Å². The number of amides is 1. The van der Waals surface area contributed by atoms with E-state index in [1.165, 1.54) is 16.7 Å². The Morgan fingerprint density at radius 2 is 1.83 bits per heavy atom. The van der Waals surface area contributed by atoms with Crippen LogP contribution in [0.1, 0.15) is 31.7 Å². The molecule has 0 unspecified atom stereocenters. The number of nitrogens with zero attached hydrogens (tertiary/aromatic N) is 2. The first-order valence-corrected chi connectivity index (χ1v) is 11.8. The fourth-order valence-corrected chi connectivity index (χ4v) is 4.36. The fourth-order valence-electron chi connectivity index (χ4n) is 2.93. The van der Waals surface area contributed by atoms with Crippen molar-refractivity contribution in [2.45, 2.75) is 31.1 Å². The fraction of sp³-hybridized carbons (Fsp3) is 0.304. The van der Waals surface area contributed by atoms with Crippen LogP contribution in [0.2, 0.25) is 0 Å². The lowest BCUT2D eigenvalue weighted by molar-refractivity contribution is -0.122. The van der Waals surface area contributed by atoms with Gasteiger partial charge in [0.1, 0.15) is 5.75 Å². The summed E-state index contributed by atoms with van der Waals surface area (Å²) in [4.78, 5) is 21.5. The Kier molecular flexibility index (Phi) is 7.83. The number of ether oxygens (including phenoxy) is 1. The van der Waals surface area contributed by atoms with Gasteiger partial charge in [0, 0.05) is 11.4 Å². The summed E-state index contributed by atoms with van der Waals surface area (Å²) in [7, 11) is 1.64. The third kappa shape index (κ3) is 5.67. The van der Waals surface area contributed by atoms with Crippen molar-refractivity contribution in [1.82, 2.24) is 4.90 Å². The first-order chi connectivity index (χ1) is 14.1. The van der Waals surface area contributed by atoms with E-state index >= 15 is 0 Å². The second kappa shape index (κ2) is 10.6. The third-order valence-electron chi connectivity index (χ3n) is 4.58. The highest BCUT2D eigenvalue weighted by molar-refractivity contribution is 8.18. The lowest BCUT2D eigenvalue weighted by Gasteiger charge is -2.15. The van der Waals surface area contributed by atoms with Crippen LogP contribution in [0.4, 0.5) is 5.69 Å². The number of carbonyl (C=O) groups excluding carboxylic acids is 1. The summed E-state index contributed by atoms with van der Waals surface area (Å²) in [6.07, 6.45) is 7.20. The molecule has 29 heavy (non-hydrogen) atoms. The van der Waals surface area contributed by atoms with E-state index in [4.69, 9.17) is 9.73 Å². The minimum absolute atomic E-state index is 0.0345. The quantitative estimate of drug-likeness (QED) is 0.286. The van der Waals surface area contributed by atoms with Gasteiger partial charge in [-0.05, 0) is 72.5 Å². The number of carbonyl (C=O) groups is 1. The van der Waals surface area contributed by atoms with Gasteiger partial charge in [0.2, 0.25) is 0 Å². The highest BCUT2D eigenvalue weighted by Gasteiger charge is 2.32. The van der Waals surface area contributed by atoms with Crippen LogP contribution in [0.15, 0.2) is 63.3 Å². The lowest BCUT2D eigenvalue weighted by atomic mass is 10.2. The molecule has 2 aromatic carbocycles. The number of rotatable bonds is 8. The van der Waals surface area contributed by atoms with E-state index in [2.05, 4.69) is 25.3 Å². The maximum absolute atomic E-state index is 13.1. The minimum Gasteiger partial charge on any atom is -0.497 e. The Bertz CT molecular complexity index is 890. The van der Waals surface area contributed by atoms with E-state index in [9.17, 15) is 4.79 Å². The average Bonchev–Trinajstić information content (AvgIpc) is 3.04. The number of methoxy groups -OCH3 is 1. The molecule has 0 bridgehead atoms. The molecule has 1 amide bonds. The second-order valence-electron chi connectivity index (χ2n) is 6.64. The molecular formula is C23H26N2O2S2. The summed E-state index contributed by atoms with van der Waals surface area (Å²) in [6.45, 7) is 2.86. The molecule has 152 valence electrons. The number of aliphatic imine (C=N–C) groups is 1. The Balaban J connectivity index is 1.86. The first kappa shape index (κ1) is 21.5. The van der Waals surface area contributed by atoms with Crippen LogP contribution in [-0.4, -0.2) is 35.9 Å². The third-order valence-corrected chi connectivity index (χ3v) is 6.33. The number of hydrogen-bond donors (Lipinski definition) is 0. The van der Waals surface area contributed by atoms with E-state index in [-0.39, 0.29) is 5.91 Å². The highest BCUT2D eigenvalue weighted by Crippen LogP contribution is 2.35. The van der Waals surface area contributed by atoms with Crippen molar-refractivity contribution in [1.29, 1.82) is 0 Å². The molecule has 4 nitrogen and oxygen atoms in total. The van der Waals surface area contributed by atoms with Gasteiger partial charge in [0.15, 0.2) is 5.17 Å². The van der Waals surface area contributed by atoms with Gasteiger partial charge < -0.3 is 4.74 Å². The molecule has 6 heteroatoms. The van der Waals surface area contributed by atoms with E-state index in [1.54, 1.807) is 18.9 Å². The van der Waals surface area contributed by atoms with Crippen molar-refractivity contribution in [2.24, 2.45) is 4.99 Å². The summed E-state index contributed by atoms with van der Waals surface area (Å²) in [5, 5.41) is 0.739. The van der Waals surface area contributed by atoms with Crippen LogP contribution >= 0.6 is 23.5 Å². The molecule has 2 aromatic rings. The van der Waals surface area contributed by atoms with Gasteiger partial charge >= 0.3 is 0 Å². The zero-order valence-corrected chi connectivity index (χ0v) is 18.7. The van der Waals surface area contributed by atoms with Gasteiger partial charge in [-0.3, -0.25) is 9.69 Å². The van der Waals surface area contributed by atoms with E-state index in [0.717, 1.165) is 41.4 Å². The summed E-state index contributed by atoms with van der Waals surface area (Å²) >= 11 is 3.15. The van der Waals surface area contributed by atoms with Crippen LogP contribution in [0.3, 0.4) is 0 Å². The predicted octanol–water partition coefficient (Wildman–Crippen LogP) is 6.21. The molecule has 1 aliphatic heterocycles. The van der Waals surface area contributed by atoms with Crippen LogP contribution in [0.25, 0.3) is 6.08 Å². The molecule has 0 N–H and O–H groups in total. The van der Waals surface area contributed by atoms with Gasteiger partial charge in [-0.25, -0.2) is 4.99 Å². The lowest BCUT2D eigenvalue weighted by Crippen LogP contribution is -2.30. The number of unbranched alkanes of at least 4 members (excludes halogenated alkanes) is 2. The van der Waals surface area contributed by atoms with E-state index in [0.29, 0.717) is 11.4 Å². The van der Waals surface area contributed by atoms with Crippen LogP contribution in [0.5, 0.6) is 5.75 Å². The molecule has 0 atom stereocenters. The Morgan fingerprint density at radius 3 is 2.45 bits per heavy atom. The highest BCUT2D eigenvalue weighted by atomic mass is 32.2. The standard InChI is InChI=1S/C23H26N2O2S2/c1-4-5-6-15-25-22(26)21(16-17-7-13-20(28-3)14-8-17)29-23(25)24-18-9-11-19(27-2)12-10-18/h7-14,16H,4-6,15H2,1-3H3. The molecule has 0 aromatic heterocycles. The Labute approximate surface area is 181 Å². The molecular weight excluding hydrogens is 400 g/mol. The minimum atomic E-state index is 0.0345. The average molecular weight is 427 g/mol. The zero-order valence-electron chi connectivity index (χ0n) is 17.1. The van der Waals surface area contributed by atoms with Crippen molar-refractivity contribution >= 4 is 46.4 Å². The first-order valence-electron chi connectivity index (χ1n) is 9.72. The molecule has 0 aliphatic carbocycles. The largest absolute Gasteiger partial charge is 0.497 e. The summed E-state index contributed by atoms with van der Waals surface area (Å²) in [6, 6.07) is 15.8. The maximum atomic E-state index is 13.1. The normalized spacial score (nSPS) is 16.8. The molecule has 1 heterocycles. The Hall–Kier alpha value is -2.18. The van der Waals surface area contributed by atoms with E-state index in [1.807, 2.05) is 47.4 Å². The molecule has 1 saturated heterocycles. The molecule has 0 saturated carbocycles. The van der Waals surface area contributed by atoms with Crippen LogP contribution in [-0.2, 0) is 4.79 Å². The zero-order chi connectivity index (χ0) is 20.6. The van der Waals surface area contributed by atoms with Crippen LogP contribution < -0.4 is 4.74 Å². The van der Waals surface area contributed by atoms with Crippen molar-refractivity contribution < 1.29 is 9.53 Å². The van der Waals surface area contributed by atoms with Gasteiger partial charge in [-0.15, -0.1) is 11.8 Å². The predicted molar refractivity (Wildman–Crippen MR) is 125 cm³/mol. The van der Waals surface area contributed by atoms with Gasteiger partial charge in [0.25, 0.3) is 5.91 Å².